The van der Waals surface area contributed by atoms with Gasteiger partial charge in [0.15, 0.2) is 5.03 Å². The van der Waals surface area contributed by atoms with Crippen molar-refractivity contribution in [2.45, 2.75) is 31.3 Å². The molecule has 1 aliphatic rings. The summed E-state index contributed by atoms with van der Waals surface area (Å²) in [4.78, 5) is 16.6. The molecule has 1 amide bonds. The molecule has 1 aromatic carbocycles. The van der Waals surface area contributed by atoms with E-state index >= 15 is 0 Å². The minimum atomic E-state index is -3.62. The third kappa shape index (κ3) is 4.36. The van der Waals surface area contributed by atoms with Gasteiger partial charge in [-0.3, -0.25) is 4.79 Å². The van der Waals surface area contributed by atoms with Crippen LogP contribution in [0, 0.1) is 12.8 Å². The molecule has 0 atom stereocenters. The van der Waals surface area contributed by atoms with Crippen molar-refractivity contribution < 1.29 is 17.9 Å². The van der Waals surface area contributed by atoms with E-state index in [9.17, 15) is 13.2 Å². The van der Waals surface area contributed by atoms with Gasteiger partial charge in [-0.15, -0.1) is 0 Å². The van der Waals surface area contributed by atoms with Crippen LogP contribution in [0.15, 0.2) is 35.5 Å². The second-order valence-electron chi connectivity index (χ2n) is 6.98. The fraction of sp³-hybridized carbons (Fsp3) is 0.474. The molecule has 0 spiro atoms. The van der Waals surface area contributed by atoms with Crippen LogP contribution in [0.2, 0.25) is 0 Å². The quantitative estimate of drug-likeness (QED) is 0.784. The van der Waals surface area contributed by atoms with Gasteiger partial charge in [-0.2, -0.15) is 4.31 Å². The van der Waals surface area contributed by atoms with Crippen molar-refractivity contribution >= 4 is 15.9 Å². The fourth-order valence-corrected chi connectivity index (χ4v) is 4.75. The van der Waals surface area contributed by atoms with Crippen LogP contribution in [0.5, 0.6) is 5.75 Å². The van der Waals surface area contributed by atoms with Gasteiger partial charge in [0.1, 0.15) is 11.6 Å². The number of methoxy groups -OCH3 is 1. The van der Waals surface area contributed by atoms with E-state index in [2.05, 4.69) is 10.3 Å². The first-order valence-corrected chi connectivity index (χ1v) is 10.7. The minimum Gasteiger partial charge on any atom is -0.497 e. The molecule has 152 valence electrons. The van der Waals surface area contributed by atoms with Crippen molar-refractivity contribution in [3.05, 3.63) is 41.9 Å². The number of ether oxygens (including phenoxy) is 1. The standard InChI is InChI=1S/C19H26N4O4S/c1-14-21-18(13-22(14)2)28(25,26)23-9-7-16(8-10-23)19(24)20-12-15-5-4-6-17(11-15)27-3/h4-6,11,13,16H,7-10,12H2,1-3H3,(H,20,24). The van der Waals surface area contributed by atoms with E-state index in [-0.39, 0.29) is 16.9 Å². The Bertz CT molecular complexity index is 927. The highest BCUT2D eigenvalue weighted by molar-refractivity contribution is 7.89. The number of sulfonamides is 1. The Morgan fingerprint density at radius 2 is 2.04 bits per heavy atom. The summed E-state index contributed by atoms with van der Waals surface area (Å²) in [5.41, 5.74) is 0.957. The van der Waals surface area contributed by atoms with Crippen molar-refractivity contribution in [2.75, 3.05) is 20.2 Å². The average molecular weight is 407 g/mol. The van der Waals surface area contributed by atoms with Crippen molar-refractivity contribution in [1.82, 2.24) is 19.2 Å². The molecule has 1 fully saturated rings. The number of benzene rings is 1. The Balaban J connectivity index is 1.55. The van der Waals surface area contributed by atoms with Crippen LogP contribution in [-0.2, 0) is 28.4 Å². The smallest absolute Gasteiger partial charge is 0.262 e. The summed E-state index contributed by atoms with van der Waals surface area (Å²) in [6, 6.07) is 7.53. The molecule has 0 aliphatic carbocycles. The van der Waals surface area contributed by atoms with E-state index in [1.807, 2.05) is 24.3 Å². The van der Waals surface area contributed by atoms with Gasteiger partial charge in [0, 0.05) is 38.8 Å². The van der Waals surface area contributed by atoms with Gasteiger partial charge in [0.25, 0.3) is 10.0 Å². The summed E-state index contributed by atoms with van der Waals surface area (Å²) >= 11 is 0. The van der Waals surface area contributed by atoms with E-state index < -0.39 is 10.0 Å². The molecule has 0 bridgehead atoms. The third-order valence-electron chi connectivity index (χ3n) is 5.12. The summed E-state index contributed by atoms with van der Waals surface area (Å²) in [5.74, 6) is 1.15. The van der Waals surface area contributed by atoms with E-state index in [1.165, 1.54) is 10.5 Å². The molecule has 0 saturated carbocycles. The zero-order chi connectivity index (χ0) is 20.3. The van der Waals surface area contributed by atoms with Gasteiger partial charge in [0.05, 0.1) is 7.11 Å². The second kappa shape index (κ2) is 8.32. The van der Waals surface area contributed by atoms with E-state index in [0.717, 1.165) is 11.3 Å². The van der Waals surface area contributed by atoms with Crippen LogP contribution < -0.4 is 10.1 Å². The molecule has 0 unspecified atom stereocenters. The Morgan fingerprint density at radius 3 is 2.64 bits per heavy atom. The topological polar surface area (TPSA) is 93.5 Å². The first-order valence-electron chi connectivity index (χ1n) is 9.22. The van der Waals surface area contributed by atoms with Crippen LogP contribution in [0.3, 0.4) is 0 Å². The average Bonchev–Trinajstić information content (AvgIpc) is 3.05. The first-order chi connectivity index (χ1) is 13.3. The van der Waals surface area contributed by atoms with Gasteiger partial charge >= 0.3 is 0 Å². The predicted octanol–water partition coefficient (Wildman–Crippen LogP) is 1.45. The summed E-state index contributed by atoms with van der Waals surface area (Å²) < 4.78 is 33.8. The maximum absolute atomic E-state index is 12.7. The van der Waals surface area contributed by atoms with Gasteiger partial charge in [-0.25, -0.2) is 13.4 Å². The minimum absolute atomic E-state index is 0.0476. The number of hydrogen-bond donors (Lipinski definition) is 1. The monoisotopic (exact) mass is 406 g/mol. The molecular weight excluding hydrogens is 380 g/mol. The van der Waals surface area contributed by atoms with Crippen LogP contribution in [-0.4, -0.2) is 48.4 Å². The zero-order valence-electron chi connectivity index (χ0n) is 16.4. The maximum atomic E-state index is 12.7. The molecule has 1 N–H and O–H groups in total. The van der Waals surface area contributed by atoms with Crippen LogP contribution >= 0.6 is 0 Å². The molecule has 1 aliphatic heterocycles. The molecule has 1 aromatic heterocycles. The number of aromatic nitrogens is 2. The fourth-order valence-electron chi connectivity index (χ4n) is 3.26. The number of carbonyl (C=O) groups excluding carboxylic acids is 1. The van der Waals surface area contributed by atoms with Crippen molar-refractivity contribution in [2.24, 2.45) is 13.0 Å². The normalized spacial score (nSPS) is 16.1. The van der Waals surface area contributed by atoms with Crippen LogP contribution in [0.25, 0.3) is 0 Å². The Morgan fingerprint density at radius 1 is 1.32 bits per heavy atom. The number of hydrogen-bond acceptors (Lipinski definition) is 5. The van der Waals surface area contributed by atoms with E-state index in [4.69, 9.17) is 4.74 Å². The first kappa shape index (κ1) is 20.3. The number of imidazole rings is 1. The molecule has 0 radical (unpaired) electrons. The summed E-state index contributed by atoms with van der Waals surface area (Å²) in [7, 11) is -0.253. The highest BCUT2D eigenvalue weighted by atomic mass is 32.2. The largest absolute Gasteiger partial charge is 0.497 e. The van der Waals surface area contributed by atoms with Crippen molar-refractivity contribution in [3.8, 4) is 5.75 Å². The van der Waals surface area contributed by atoms with Crippen LogP contribution in [0.1, 0.15) is 24.2 Å². The van der Waals surface area contributed by atoms with Gasteiger partial charge < -0.3 is 14.6 Å². The molecule has 8 nitrogen and oxygen atoms in total. The molecule has 28 heavy (non-hydrogen) atoms. The Hall–Kier alpha value is -2.39. The number of rotatable bonds is 6. The lowest BCUT2D eigenvalue weighted by atomic mass is 9.97. The zero-order valence-corrected chi connectivity index (χ0v) is 17.2. The summed E-state index contributed by atoms with van der Waals surface area (Å²) in [6.45, 7) is 2.81. The number of piperidine rings is 1. The molecular formula is C19H26N4O4S. The SMILES string of the molecule is COc1cccc(CNC(=O)C2CCN(S(=O)(=O)c3cn(C)c(C)n3)CC2)c1. The molecule has 1 saturated heterocycles. The number of aryl methyl sites for hydroxylation is 2. The Labute approximate surface area is 165 Å². The lowest BCUT2D eigenvalue weighted by Gasteiger charge is -2.29. The molecule has 3 rings (SSSR count). The number of nitrogens with zero attached hydrogens (tertiary/aromatic N) is 3. The van der Waals surface area contributed by atoms with Crippen molar-refractivity contribution in [1.29, 1.82) is 0 Å². The van der Waals surface area contributed by atoms with Crippen molar-refractivity contribution in [3.63, 3.8) is 0 Å². The Kier molecular flexibility index (Phi) is 6.04. The summed E-state index contributed by atoms with van der Waals surface area (Å²) in [5, 5.41) is 3.00. The number of carbonyl (C=O) groups is 1. The number of nitrogens with one attached hydrogen (secondary N) is 1. The van der Waals surface area contributed by atoms with E-state index in [1.54, 1.807) is 25.6 Å². The van der Waals surface area contributed by atoms with Gasteiger partial charge in [-0.05, 0) is 37.5 Å². The molecule has 2 heterocycles. The lowest BCUT2D eigenvalue weighted by Crippen LogP contribution is -2.43. The highest BCUT2D eigenvalue weighted by Gasteiger charge is 2.33. The third-order valence-corrected chi connectivity index (χ3v) is 6.89. The summed E-state index contributed by atoms with van der Waals surface area (Å²) in [6.07, 6.45) is 2.52. The second-order valence-corrected chi connectivity index (χ2v) is 8.87. The highest BCUT2D eigenvalue weighted by Crippen LogP contribution is 2.24. The maximum Gasteiger partial charge on any atom is 0.262 e. The molecule has 9 heteroatoms. The van der Waals surface area contributed by atoms with E-state index in [0.29, 0.717) is 38.3 Å². The molecule has 2 aromatic rings. The van der Waals surface area contributed by atoms with Gasteiger partial charge in [0.2, 0.25) is 5.91 Å². The predicted molar refractivity (Wildman–Crippen MR) is 104 cm³/mol. The number of amides is 1. The lowest BCUT2D eigenvalue weighted by molar-refractivity contribution is -0.126. The van der Waals surface area contributed by atoms with Gasteiger partial charge in [-0.1, -0.05) is 12.1 Å². The van der Waals surface area contributed by atoms with Crippen LogP contribution in [0.4, 0.5) is 0 Å².